The number of fused-ring (bicyclic) bond motifs is 2. The fourth-order valence-electron chi connectivity index (χ4n) is 3.64. The minimum Gasteiger partial charge on any atom is -0.381 e. The Morgan fingerprint density at radius 3 is 2.22 bits per heavy atom. The molecule has 3 saturated heterocycles. The van der Waals surface area contributed by atoms with Crippen LogP contribution in [0.5, 0.6) is 0 Å². The molecule has 0 aliphatic carbocycles. The van der Waals surface area contributed by atoms with Crippen LogP contribution < -0.4 is 0 Å². The van der Waals surface area contributed by atoms with E-state index in [2.05, 4.69) is 11.9 Å². The van der Waals surface area contributed by atoms with Crippen molar-refractivity contribution in [3.63, 3.8) is 0 Å². The molecule has 2 atom stereocenters. The van der Waals surface area contributed by atoms with Crippen LogP contribution in [0.3, 0.4) is 0 Å². The van der Waals surface area contributed by atoms with Gasteiger partial charge in [-0.1, -0.05) is 0 Å². The zero-order valence-corrected chi connectivity index (χ0v) is 11.1. The molecule has 0 spiro atoms. The smallest absolute Gasteiger partial charge is 0.139 e. The molecular weight excluding hydrogens is 230 g/mol. The van der Waals surface area contributed by atoms with E-state index in [1.54, 1.807) is 0 Å². The van der Waals surface area contributed by atoms with Gasteiger partial charge in [0.25, 0.3) is 0 Å². The van der Waals surface area contributed by atoms with E-state index in [0.29, 0.717) is 17.9 Å². The first-order valence-corrected chi connectivity index (χ1v) is 7.17. The van der Waals surface area contributed by atoms with Crippen LogP contribution in [0.25, 0.3) is 0 Å². The zero-order chi connectivity index (χ0) is 12.5. The summed E-state index contributed by atoms with van der Waals surface area (Å²) >= 11 is 0. The normalized spacial score (nSPS) is 38.6. The van der Waals surface area contributed by atoms with Gasteiger partial charge >= 0.3 is 0 Å². The van der Waals surface area contributed by atoms with E-state index < -0.39 is 0 Å². The second-order valence-electron chi connectivity index (χ2n) is 5.97. The third-order valence-corrected chi connectivity index (χ3v) is 4.91. The Hall–Kier alpha value is -0.450. The molecule has 3 fully saturated rings. The highest BCUT2D eigenvalue weighted by Crippen LogP contribution is 2.33. The molecular formula is C14H23NO3. The Balaban J connectivity index is 1.64. The standard InChI is InChI=1S/C14H23NO3/c1-15-12-6-11(7-13(15)9-18-8-12)14(16)10-2-4-17-5-3-10/h10-13H,2-9H2,1H3. The predicted octanol–water partition coefficient (Wildman–Crippen LogP) is 1.09. The quantitative estimate of drug-likeness (QED) is 0.738. The molecule has 3 aliphatic rings. The molecule has 3 rings (SSSR count). The lowest BCUT2D eigenvalue weighted by atomic mass is 9.77. The Labute approximate surface area is 109 Å². The Bertz CT molecular complexity index is 300. The van der Waals surface area contributed by atoms with Gasteiger partial charge in [-0.2, -0.15) is 0 Å². The van der Waals surface area contributed by atoms with E-state index in [0.717, 1.165) is 52.1 Å². The number of hydrogen-bond donors (Lipinski definition) is 0. The molecule has 0 amide bonds. The monoisotopic (exact) mass is 253 g/mol. The van der Waals surface area contributed by atoms with Gasteiger partial charge in [0.15, 0.2) is 0 Å². The number of carbonyl (C=O) groups excluding carboxylic acids is 1. The molecule has 2 bridgehead atoms. The molecule has 0 radical (unpaired) electrons. The summed E-state index contributed by atoms with van der Waals surface area (Å²) in [6.45, 7) is 3.12. The van der Waals surface area contributed by atoms with E-state index in [-0.39, 0.29) is 11.8 Å². The highest BCUT2D eigenvalue weighted by atomic mass is 16.5. The van der Waals surface area contributed by atoms with Gasteiger partial charge in [0.1, 0.15) is 5.78 Å². The number of Topliss-reactive ketones (excluding diaryl/α,β-unsaturated/α-hetero) is 1. The molecule has 3 aliphatic heterocycles. The number of ketones is 1. The number of likely N-dealkylation sites (N-methyl/N-ethyl adjacent to an activating group) is 1. The molecule has 0 aromatic rings. The maximum absolute atomic E-state index is 12.6. The Morgan fingerprint density at radius 2 is 1.61 bits per heavy atom. The molecule has 0 saturated carbocycles. The maximum Gasteiger partial charge on any atom is 0.139 e. The van der Waals surface area contributed by atoms with Crippen LogP contribution in [-0.2, 0) is 14.3 Å². The second kappa shape index (κ2) is 5.27. The van der Waals surface area contributed by atoms with Gasteiger partial charge in [0.2, 0.25) is 0 Å². The van der Waals surface area contributed by atoms with Crippen molar-refractivity contribution in [2.24, 2.45) is 11.8 Å². The van der Waals surface area contributed by atoms with Crippen molar-refractivity contribution in [1.82, 2.24) is 4.90 Å². The van der Waals surface area contributed by atoms with Gasteiger partial charge in [-0.15, -0.1) is 0 Å². The van der Waals surface area contributed by atoms with Crippen LogP contribution in [0.4, 0.5) is 0 Å². The summed E-state index contributed by atoms with van der Waals surface area (Å²) in [4.78, 5) is 15.0. The van der Waals surface area contributed by atoms with Gasteiger partial charge in [-0.25, -0.2) is 0 Å². The number of ether oxygens (including phenoxy) is 2. The number of carbonyl (C=O) groups is 1. The number of piperidine rings is 1. The maximum atomic E-state index is 12.6. The Morgan fingerprint density at radius 1 is 1.00 bits per heavy atom. The van der Waals surface area contributed by atoms with Crippen LogP contribution in [0.2, 0.25) is 0 Å². The lowest BCUT2D eigenvalue weighted by Gasteiger charge is -2.46. The van der Waals surface area contributed by atoms with Crippen molar-refractivity contribution in [1.29, 1.82) is 0 Å². The molecule has 4 nitrogen and oxygen atoms in total. The van der Waals surface area contributed by atoms with Gasteiger partial charge < -0.3 is 9.47 Å². The summed E-state index contributed by atoms with van der Waals surface area (Å²) in [6, 6.07) is 0.901. The van der Waals surface area contributed by atoms with Crippen LogP contribution in [0.1, 0.15) is 25.7 Å². The first-order valence-electron chi connectivity index (χ1n) is 7.17. The minimum absolute atomic E-state index is 0.258. The lowest BCUT2D eigenvalue weighted by molar-refractivity contribution is -0.137. The van der Waals surface area contributed by atoms with E-state index in [1.165, 1.54) is 0 Å². The average Bonchev–Trinajstić information content (AvgIpc) is 2.38. The fourth-order valence-corrected chi connectivity index (χ4v) is 3.64. The van der Waals surface area contributed by atoms with Gasteiger partial charge in [0, 0.05) is 37.1 Å². The first kappa shape index (κ1) is 12.6. The van der Waals surface area contributed by atoms with Crippen molar-refractivity contribution in [2.45, 2.75) is 37.8 Å². The average molecular weight is 253 g/mol. The first-order chi connectivity index (χ1) is 8.75. The second-order valence-corrected chi connectivity index (χ2v) is 5.97. The minimum atomic E-state index is 0.258. The third kappa shape index (κ3) is 2.33. The predicted molar refractivity (Wildman–Crippen MR) is 67.4 cm³/mol. The summed E-state index contributed by atoms with van der Waals surface area (Å²) in [5.74, 6) is 1.03. The summed E-state index contributed by atoms with van der Waals surface area (Å²) in [5, 5.41) is 0. The number of nitrogens with zero attached hydrogens (tertiary/aromatic N) is 1. The highest BCUT2D eigenvalue weighted by molar-refractivity contribution is 5.83. The molecule has 0 aromatic carbocycles. The molecule has 102 valence electrons. The van der Waals surface area contributed by atoms with Crippen molar-refractivity contribution in [3.05, 3.63) is 0 Å². The summed E-state index contributed by atoms with van der Waals surface area (Å²) in [7, 11) is 2.17. The molecule has 3 heterocycles. The van der Waals surface area contributed by atoms with E-state index >= 15 is 0 Å². The van der Waals surface area contributed by atoms with Crippen molar-refractivity contribution >= 4 is 5.78 Å². The summed E-state index contributed by atoms with van der Waals surface area (Å²) < 4.78 is 11.0. The summed E-state index contributed by atoms with van der Waals surface area (Å²) in [6.07, 6.45) is 3.83. The molecule has 4 heteroatoms. The summed E-state index contributed by atoms with van der Waals surface area (Å²) in [5.41, 5.74) is 0. The SMILES string of the molecule is CN1C2COCC1CC(C(=O)C1CCOCC1)C2. The number of morpholine rings is 1. The van der Waals surface area contributed by atoms with Gasteiger partial charge in [0.05, 0.1) is 13.2 Å². The molecule has 2 unspecified atom stereocenters. The molecule has 0 N–H and O–H groups in total. The third-order valence-electron chi connectivity index (χ3n) is 4.91. The van der Waals surface area contributed by atoms with Crippen LogP contribution in [0, 0.1) is 11.8 Å². The van der Waals surface area contributed by atoms with Crippen molar-refractivity contribution in [2.75, 3.05) is 33.5 Å². The van der Waals surface area contributed by atoms with Crippen LogP contribution in [0.15, 0.2) is 0 Å². The molecule has 18 heavy (non-hydrogen) atoms. The van der Waals surface area contributed by atoms with Crippen LogP contribution >= 0.6 is 0 Å². The van der Waals surface area contributed by atoms with Crippen LogP contribution in [-0.4, -0.2) is 56.2 Å². The van der Waals surface area contributed by atoms with E-state index in [4.69, 9.17) is 9.47 Å². The van der Waals surface area contributed by atoms with Crippen molar-refractivity contribution in [3.8, 4) is 0 Å². The lowest BCUT2D eigenvalue weighted by Crippen LogP contribution is -2.56. The molecule has 0 aromatic heterocycles. The van der Waals surface area contributed by atoms with E-state index in [1.807, 2.05) is 0 Å². The number of rotatable bonds is 2. The Kier molecular flexibility index (Phi) is 3.68. The van der Waals surface area contributed by atoms with Crippen molar-refractivity contribution < 1.29 is 14.3 Å². The van der Waals surface area contributed by atoms with E-state index in [9.17, 15) is 4.79 Å². The topological polar surface area (TPSA) is 38.8 Å². The fraction of sp³-hybridized carbons (Fsp3) is 0.929. The zero-order valence-electron chi connectivity index (χ0n) is 11.1. The van der Waals surface area contributed by atoms with Gasteiger partial charge in [-0.05, 0) is 32.7 Å². The highest BCUT2D eigenvalue weighted by Gasteiger charge is 2.41. The van der Waals surface area contributed by atoms with Gasteiger partial charge in [-0.3, -0.25) is 9.69 Å². The largest absolute Gasteiger partial charge is 0.381 e. The number of hydrogen-bond acceptors (Lipinski definition) is 4.